The number of para-hydroxylation sites is 1. The zero-order valence-electron chi connectivity index (χ0n) is 11.2. The van der Waals surface area contributed by atoms with Gasteiger partial charge in [-0.25, -0.2) is 9.59 Å². The van der Waals surface area contributed by atoms with Gasteiger partial charge in [-0.1, -0.05) is 23.4 Å². The minimum absolute atomic E-state index is 0.257. The summed E-state index contributed by atoms with van der Waals surface area (Å²) >= 11 is 0. The number of nitrogens with zero attached hydrogens (tertiary/aromatic N) is 1. The second kappa shape index (κ2) is 6.01. The minimum Gasteiger partial charge on any atom is -0.422 e. The van der Waals surface area contributed by atoms with E-state index < -0.39 is 11.7 Å². The molecule has 6 heteroatoms. The predicted molar refractivity (Wildman–Crippen MR) is 74.9 cm³/mol. The molecule has 0 aliphatic rings. The number of oxime groups is 1. The number of hydrogen-bond acceptors (Lipinski definition) is 5. The number of carbonyl (C=O) groups excluding carboxylic acids is 1. The molecule has 2 rings (SSSR count). The van der Waals surface area contributed by atoms with Crippen LogP contribution >= 0.6 is 0 Å². The first-order chi connectivity index (χ1) is 9.61. The van der Waals surface area contributed by atoms with Gasteiger partial charge in [0.15, 0.2) is 0 Å². The first kappa shape index (κ1) is 13.8. The van der Waals surface area contributed by atoms with Gasteiger partial charge in [0.1, 0.15) is 5.58 Å². The average molecular weight is 274 g/mol. The van der Waals surface area contributed by atoms with Crippen LogP contribution in [0.3, 0.4) is 0 Å². The van der Waals surface area contributed by atoms with Crippen molar-refractivity contribution in [1.82, 2.24) is 5.32 Å². The molecule has 1 N–H and O–H groups in total. The summed E-state index contributed by atoms with van der Waals surface area (Å²) in [5.41, 5.74) is 0.506. The van der Waals surface area contributed by atoms with E-state index in [4.69, 9.17) is 4.42 Å². The van der Waals surface area contributed by atoms with Gasteiger partial charge < -0.3 is 9.73 Å². The number of fused-ring (bicyclic) bond motifs is 1. The predicted octanol–water partition coefficient (Wildman–Crippen LogP) is 2.26. The summed E-state index contributed by atoms with van der Waals surface area (Å²) in [7, 11) is 0. The van der Waals surface area contributed by atoms with Crippen molar-refractivity contribution in [2.75, 3.05) is 6.54 Å². The molecule has 20 heavy (non-hydrogen) atoms. The summed E-state index contributed by atoms with van der Waals surface area (Å²) < 4.78 is 5.18. The Kier molecular flexibility index (Phi) is 4.14. The summed E-state index contributed by atoms with van der Waals surface area (Å²) in [6.07, 6.45) is -0.669. The Labute approximate surface area is 115 Å². The fourth-order valence-corrected chi connectivity index (χ4v) is 1.65. The molecule has 0 bridgehead atoms. The third-order valence-corrected chi connectivity index (χ3v) is 2.62. The maximum absolute atomic E-state index is 11.8. The zero-order valence-corrected chi connectivity index (χ0v) is 11.2. The van der Waals surface area contributed by atoms with E-state index >= 15 is 0 Å². The van der Waals surface area contributed by atoms with Gasteiger partial charge in [-0.05, 0) is 26.0 Å². The molecular formula is C14H14N2O4. The highest BCUT2D eigenvalue weighted by atomic mass is 16.7. The molecule has 1 aromatic heterocycles. The van der Waals surface area contributed by atoms with Crippen molar-refractivity contribution in [3.05, 3.63) is 46.3 Å². The van der Waals surface area contributed by atoms with E-state index in [2.05, 4.69) is 15.3 Å². The Morgan fingerprint density at radius 2 is 2.15 bits per heavy atom. The number of nitrogens with one attached hydrogen (secondary N) is 1. The highest BCUT2D eigenvalue weighted by molar-refractivity contribution is 6.00. The van der Waals surface area contributed by atoms with E-state index in [0.717, 1.165) is 5.39 Å². The number of rotatable bonds is 3. The van der Waals surface area contributed by atoms with Crippen molar-refractivity contribution < 1.29 is 14.0 Å². The molecule has 1 heterocycles. The lowest BCUT2D eigenvalue weighted by Crippen LogP contribution is -2.22. The summed E-state index contributed by atoms with van der Waals surface area (Å²) in [6, 6.07) is 8.80. The van der Waals surface area contributed by atoms with Gasteiger partial charge in [0, 0.05) is 11.9 Å². The molecule has 0 radical (unpaired) electrons. The third kappa shape index (κ3) is 3.03. The molecular weight excluding hydrogens is 260 g/mol. The second-order valence-corrected chi connectivity index (χ2v) is 4.07. The fourth-order valence-electron chi connectivity index (χ4n) is 1.65. The van der Waals surface area contributed by atoms with E-state index in [-0.39, 0.29) is 11.3 Å². The number of benzene rings is 1. The summed E-state index contributed by atoms with van der Waals surface area (Å²) in [4.78, 5) is 27.6. The molecule has 2 aromatic rings. The zero-order chi connectivity index (χ0) is 14.5. The lowest BCUT2D eigenvalue weighted by atomic mass is 10.1. The Hall–Kier alpha value is -2.63. The van der Waals surface area contributed by atoms with Crippen molar-refractivity contribution in [3.8, 4) is 0 Å². The Morgan fingerprint density at radius 1 is 1.40 bits per heavy atom. The number of hydrogen-bond donors (Lipinski definition) is 1. The second-order valence-electron chi connectivity index (χ2n) is 4.07. The van der Waals surface area contributed by atoms with Crippen LogP contribution in [0.25, 0.3) is 11.0 Å². The lowest BCUT2D eigenvalue weighted by molar-refractivity contribution is 0.151. The van der Waals surface area contributed by atoms with Crippen LogP contribution in [0.15, 0.2) is 44.7 Å². The quantitative estimate of drug-likeness (QED) is 0.403. The fraction of sp³-hybridized carbons (Fsp3) is 0.214. The number of amides is 1. The smallest absolute Gasteiger partial charge is 0.422 e. The van der Waals surface area contributed by atoms with E-state index in [9.17, 15) is 9.59 Å². The molecule has 1 aromatic carbocycles. The largest absolute Gasteiger partial charge is 0.433 e. The van der Waals surface area contributed by atoms with Crippen LogP contribution in [0.2, 0.25) is 0 Å². The van der Waals surface area contributed by atoms with Crippen LogP contribution < -0.4 is 10.9 Å². The molecule has 0 atom stereocenters. The standard InChI is InChI=1S/C14H14N2O4/c1-3-15-14(18)20-16-9(2)11-8-10-6-4-5-7-12(10)19-13(11)17/h4-8H,3H2,1-2H3,(H,15,18)/b16-9+. The highest BCUT2D eigenvalue weighted by Crippen LogP contribution is 2.13. The van der Waals surface area contributed by atoms with Crippen LogP contribution in [0.1, 0.15) is 19.4 Å². The lowest BCUT2D eigenvalue weighted by Gasteiger charge is -2.02. The van der Waals surface area contributed by atoms with Crippen LogP contribution in [0.4, 0.5) is 4.79 Å². The van der Waals surface area contributed by atoms with Crippen LogP contribution in [0.5, 0.6) is 0 Å². The minimum atomic E-state index is -0.669. The van der Waals surface area contributed by atoms with Gasteiger partial charge in [-0.2, -0.15) is 0 Å². The van der Waals surface area contributed by atoms with Crippen LogP contribution in [0, 0.1) is 0 Å². The SMILES string of the molecule is CCNC(=O)O/N=C(\C)c1cc2ccccc2oc1=O. The molecule has 0 saturated carbocycles. The van der Waals surface area contributed by atoms with Crippen molar-refractivity contribution in [1.29, 1.82) is 0 Å². The van der Waals surface area contributed by atoms with Gasteiger partial charge in [0.2, 0.25) is 0 Å². The van der Waals surface area contributed by atoms with Crippen molar-refractivity contribution in [2.45, 2.75) is 13.8 Å². The molecule has 6 nitrogen and oxygen atoms in total. The molecule has 1 amide bonds. The van der Waals surface area contributed by atoms with Gasteiger partial charge in [0.25, 0.3) is 0 Å². The molecule has 0 unspecified atom stereocenters. The Morgan fingerprint density at radius 3 is 2.90 bits per heavy atom. The van der Waals surface area contributed by atoms with E-state index in [0.29, 0.717) is 12.1 Å². The molecule has 0 aliphatic carbocycles. The number of carbonyl (C=O) groups is 1. The van der Waals surface area contributed by atoms with E-state index in [1.54, 1.807) is 32.0 Å². The molecule has 104 valence electrons. The topological polar surface area (TPSA) is 80.9 Å². The Balaban J connectivity index is 2.32. The monoisotopic (exact) mass is 274 g/mol. The Bertz CT molecular complexity index is 718. The highest BCUT2D eigenvalue weighted by Gasteiger charge is 2.09. The van der Waals surface area contributed by atoms with Crippen molar-refractivity contribution >= 4 is 22.8 Å². The van der Waals surface area contributed by atoms with Crippen molar-refractivity contribution in [2.24, 2.45) is 5.16 Å². The molecule has 0 saturated heterocycles. The van der Waals surface area contributed by atoms with Gasteiger partial charge >= 0.3 is 11.7 Å². The molecule has 0 fully saturated rings. The van der Waals surface area contributed by atoms with Crippen LogP contribution in [-0.2, 0) is 4.84 Å². The van der Waals surface area contributed by atoms with Gasteiger partial charge in [-0.3, -0.25) is 4.84 Å². The van der Waals surface area contributed by atoms with E-state index in [1.165, 1.54) is 0 Å². The third-order valence-electron chi connectivity index (χ3n) is 2.62. The summed E-state index contributed by atoms with van der Waals surface area (Å²) in [6.45, 7) is 3.77. The van der Waals surface area contributed by atoms with E-state index in [1.807, 2.05) is 12.1 Å². The van der Waals surface area contributed by atoms with Gasteiger partial charge in [0.05, 0.1) is 11.3 Å². The normalized spacial score (nSPS) is 11.4. The molecule has 0 aliphatic heterocycles. The first-order valence-electron chi connectivity index (χ1n) is 6.14. The first-order valence-corrected chi connectivity index (χ1v) is 6.14. The summed E-state index contributed by atoms with van der Waals surface area (Å²) in [5.74, 6) is 0. The average Bonchev–Trinajstić information content (AvgIpc) is 2.44. The summed E-state index contributed by atoms with van der Waals surface area (Å²) in [5, 5.41) is 6.82. The maximum Gasteiger partial charge on any atom is 0.433 e. The maximum atomic E-state index is 11.8. The van der Waals surface area contributed by atoms with Crippen LogP contribution in [-0.4, -0.2) is 18.3 Å². The van der Waals surface area contributed by atoms with Gasteiger partial charge in [-0.15, -0.1) is 0 Å². The van der Waals surface area contributed by atoms with Crippen molar-refractivity contribution in [3.63, 3.8) is 0 Å². The molecule has 0 spiro atoms.